The molecule has 2 aromatic carbocycles. The highest BCUT2D eigenvalue weighted by Crippen LogP contribution is 2.19. The molecule has 3 rings (SSSR count). The van der Waals surface area contributed by atoms with Crippen molar-refractivity contribution in [3.8, 4) is 5.75 Å². The Kier molecular flexibility index (Phi) is 4.39. The molecule has 0 aliphatic heterocycles. The van der Waals surface area contributed by atoms with Crippen molar-refractivity contribution < 1.29 is 9.84 Å². The smallest absolute Gasteiger partial charge is 0.265 e. The lowest BCUT2D eigenvalue weighted by atomic mass is 10.1. The molecule has 0 saturated heterocycles. The van der Waals surface area contributed by atoms with Crippen molar-refractivity contribution in [2.45, 2.75) is 19.1 Å². The van der Waals surface area contributed by atoms with Gasteiger partial charge in [0.2, 0.25) is 0 Å². The molecule has 5 heteroatoms. The molecule has 0 aliphatic rings. The Balaban J connectivity index is 1.88. The van der Waals surface area contributed by atoms with Gasteiger partial charge in [0.05, 0.1) is 31.6 Å². The summed E-state index contributed by atoms with van der Waals surface area (Å²) in [5.41, 5.74) is 1.40. The van der Waals surface area contributed by atoms with E-state index in [0.29, 0.717) is 23.1 Å². The summed E-state index contributed by atoms with van der Waals surface area (Å²) in [7, 11) is 1.52. The highest BCUT2D eigenvalue weighted by atomic mass is 16.5. The van der Waals surface area contributed by atoms with E-state index in [1.165, 1.54) is 18.0 Å². The summed E-state index contributed by atoms with van der Waals surface area (Å²) >= 11 is 0. The molecule has 0 bridgehead atoms. The first-order valence-electron chi connectivity index (χ1n) is 7.43. The van der Waals surface area contributed by atoms with Crippen molar-refractivity contribution in [2.75, 3.05) is 7.11 Å². The van der Waals surface area contributed by atoms with Crippen LogP contribution in [-0.2, 0) is 13.0 Å². The van der Waals surface area contributed by atoms with E-state index in [1.54, 1.807) is 18.2 Å². The van der Waals surface area contributed by atoms with Gasteiger partial charge in [-0.05, 0) is 17.7 Å². The summed E-state index contributed by atoms with van der Waals surface area (Å²) < 4.78 is 6.68. The predicted octanol–water partition coefficient (Wildman–Crippen LogP) is 2.01. The van der Waals surface area contributed by atoms with Crippen LogP contribution in [0.4, 0.5) is 0 Å². The van der Waals surface area contributed by atoms with Crippen molar-refractivity contribution >= 4 is 10.9 Å². The van der Waals surface area contributed by atoms with Crippen LogP contribution in [0, 0.1) is 0 Å². The molecular weight excluding hydrogens is 292 g/mol. The lowest BCUT2D eigenvalue weighted by molar-refractivity contribution is 0.152. The van der Waals surface area contributed by atoms with Crippen LogP contribution in [0.5, 0.6) is 5.75 Å². The molecule has 1 N–H and O–H groups in total. The van der Waals surface area contributed by atoms with Crippen LogP contribution in [0.2, 0.25) is 0 Å². The average molecular weight is 310 g/mol. The molecule has 0 unspecified atom stereocenters. The Morgan fingerprint density at radius 3 is 2.70 bits per heavy atom. The van der Waals surface area contributed by atoms with Crippen molar-refractivity contribution in [3.63, 3.8) is 0 Å². The van der Waals surface area contributed by atoms with Gasteiger partial charge in [0.15, 0.2) is 0 Å². The Bertz CT molecular complexity index is 859. The Morgan fingerprint density at radius 2 is 1.96 bits per heavy atom. The monoisotopic (exact) mass is 310 g/mol. The van der Waals surface area contributed by atoms with E-state index in [1.807, 2.05) is 30.3 Å². The van der Waals surface area contributed by atoms with Gasteiger partial charge in [-0.15, -0.1) is 0 Å². The molecule has 1 aromatic heterocycles. The van der Waals surface area contributed by atoms with Gasteiger partial charge in [-0.3, -0.25) is 9.36 Å². The molecular formula is C18H18N2O3. The largest absolute Gasteiger partial charge is 0.496 e. The Labute approximate surface area is 133 Å². The van der Waals surface area contributed by atoms with E-state index in [4.69, 9.17) is 4.74 Å². The molecule has 0 aliphatic carbocycles. The SMILES string of the molecule is COc1cccc2ncn(C[C@@H](O)Cc3ccccc3)c(=O)c12. The quantitative estimate of drug-likeness (QED) is 0.783. The highest BCUT2D eigenvalue weighted by Gasteiger charge is 2.12. The summed E-state index contributed by atoms with van der Waals surface area (Å²) in [4.78, 5) is 16.9. The number of ether oxygens (including phenoxy) is 1. The maximum atomic E-state index is 12.6. The van der Waals surface area contributed by atoms with Crippen molar-refractivity contribution in [3.05, 3.63) is 70.8 Å². The number of aromatic nitrogens is 2. The number of hydrogen-bond donors (Lipinski definition) is 1. The molecule has 1 heterocycles. The molecule has 0 fully saturated rings. The maximum absolute atomic E-state index is 12.6. The minimum absolute atomic E-state index is 0.189. The molecule has 3 aromatic rings. The van der Waals surface area contributed by atoms with Gasteiger partial charge in [0.25, 0.3) is 5.56 Å². The Morgan fingerprint density at radius 1 is 1.17 bits per heavy atom. The van der Waals surface area contributed by atoms with Crippen LogP contribution in [-0.4, -0.2) is 27.9 Å². The third-order valence-electron chi connectivity index (χ3n) is 3.76. The number of methoxy groups -OCH3 is 1. The van der Waals surface area contributed by atoms with Crippen LogP contribution in [0.15, 0.2) is 59.7 Å². The molecule has 0 radical (unpaired) electrons. The molecule has 0 amide bonds. The van der Waals surface area contributed by atoms with Gasteiger partial charge < -0.3 is 9.84 Å². The fraction of sp³-hybridized carbons (Fsp3) is 0.222. The second kappa shape index (κ2) is 6.62. The lowest BCUT2D eigenvalue weighted by Crippen LogP contribution is -2.28. The number of rotatable bonds is 5. The first-order valence-corrected chi connectivity index (χ1v) is 7.43. The van der Waals surface area contributed by atoms with E-state index in [-0.39, 0.29) is 12.1 Å². The lowest BCUT2D eigenvalue weighted by Gasteiger charge is -2.13. The number of nitrogens with zero attached hydrogens (tertiary/aromatic N) is 2. The van der Waals surface area contributed by atoms with E-state index in [9.17, 15) is 9.90 Å². The minimum atomic E-state index is -0.663. The van der Waals surface area contributed by atoms with Crippen molar-refractivity contribution in [2.24, 2.45) is 0 Å². The summed E-state index contributed by atoms with van der Waals surface area (Å²) in [6.07, 6.45) is 1.29. The molecule has 118 valence electrons. The zero-order chi connectivity index (χ0) is 16.2. The van der Waals surface area contributed by atoms with Gasteiger partial charge in [-0.1, -0.05) is 36.4 Å². The van der Waals surface area contributed by atoms with Gasteiger partial charge in [-0.2, -0.15) is 0 Å². The van der Waals surface area contributed by atoms with Gasteiger partial charge in [-0.25, -0.2) is 4.98 Å². The van der Waals surface area contributed by atoms with Crippen molar-refractivity contribution in [1.82, 2.24) is 9.55 Å². The molecule has 0 spiro atoms. The molecule has 0 saturated carbocycles. The summed E-state index contributed by atoms with van der Waals surface area (Å²) in [5.74, 6) is 0.492. The standard InChI is InChI=1S/C18H18N2O3/c1-23-16-9-5-8-15-17(16)18(22)20(12-19-15)11-14(21)10-13-6-3-2-4-7-13/h2-9,12,14,21H,10-11H2,1H3/t14-/m0/s1. The average Bonchev–Trinajstić information content (AvgIpc) is 2.57. The van der Waals surface area contributed by atoms with Gasteiger partial charge in [0, 0.05) is 6.42 Å². The van der Waals surface area contributed by atoms with Crippen molar-refractivity contribution in [1.29, 1.82) is 0 Å². The zero-order valence-corrected chi connectivity index (χ0v) is 12.8. The third kappa shape index (κ3) is 3.24. The summed E-state index contributed by atoms with van der Waals surface area (Å²) in [6, 6.07) is 15.0. The van der Waals surface area contributed by atoms with Crippen LogP contribution >= 0.6 is 0 Å². The van der Waals surface area contributed by atoms with E-state index in [0.717, 1.165) is 5.56 Å². The molecule has 5 nitrogen and oxygen atoms in total. The number of aliphatic hydroxyl groups is 1. The summed E-state index contributed by atoms with van der Waals surface area (Å²) in [5, 5.41) is 10.7. The third-order valence-corrected chi connectivity index (χ3v) is 3.76. The Hall–Kier alpha value is -2.66. The first-order chi connectivity index (χ1) is 11.2. The van der Waals surface area contributed by atoms with Gasteiger partial charge >= 0.3 is 0 Å². The second-order valence-electron chi connectivity index (χ2n) is 5.40. The van der Waals surface area contributed by atoms with Crippen LogP contribution < -0.4 is 10.3 Å². The predicted molar refractivity (Wildman–Crippen MR) is 88.7 cm³/mol. The van der Waals surface area contributed by atoms with E-state index >= 15 is 0 Å². The number of fused-ring (bicyclic) bond motifs is 1. The molecule has 1 atom stereocenters. The summed E-state index contributed by atoms with van der Waals surface area (Å²) in [6.45, 7) is 0.189. The van der Waals surface area contributed by atoms with Crippen LogP contribution in [0.25, 0.3) is 10.9 Å². The maximum Gasteiger partial charge on any atom is 0.265 e. The second-order valence-corrected chi connectivity index (χ2v) is 5.40. The highest BCUT2D eigenvalue weighted by molar-refractivity contribution is 5.83. The van der Waals surface area contributed by atoms with Gasteiger partial charge in [0.1, 0.15) is 11.1 Å². The van der Waals surface area contributed by atoms with Crippen LogP contribution in [0.1, 0.15) is 5.56 Å². The van der Waals surface area contributed by atoms with E-state index < -0.39 is 6.10 Å². The fourth-order valence-electron chi connectivity index (χ4n) is 2.65. The van der Waals surface area contributed by atoms with Crippen LogP contribution in [0.3, 0.4) is 0 Å². The first kappa shape index (κ1) is 15.2. The topological polar surface area (TPSA) is 64.3 Å². The number of aliphatic hydroxyl groups excluding tert-OH is 1. The van der Waals surface area contributed by atoms with E-state index in [2.05, 4.69) is 4.98 Å². The minimum Gasteiger partial charge on any atom is -0.496 e. The number of hydrogen-bond acceptors (Lipinski definition) is 4. The normalized spacial score (nSPS) is 12.3. The zero-order valence-electron chi connectivity index (χ0n) is 12.8. The number of benzene rings is 2. The fourth-order valence-corrected chi connectivity index (χ4v) is 2.65. The molecule has 23 heavy (non-hydrogen) atoms.